The normalized spacial score (nSPS) is 11.1. The Hall–Kier alpha value is -3.84. The van der Waals surface area contributed by atoms with E-state index in [2.05, 4.69) is 36.7 Å². The summed E-state index contributed by atoms with van der Waals surface area (Å²) in [6, 6.07) is 6.31. The molecule has 0 saturated heterocycles. The summed E-state index contributed by atoms with van der Waals surface area (Å²) in [4.78, 5) is 7.66. The molecule has 29 heavy (non-hydrogen) atoms. The van der Waals surface area contributed by atoms with Crippen LogP contribution in [-0.2, 0) is 10.0 Å². The van der Waals surface area contributed by atoms with E-state index in [0.29, 0.717) is 16.6 Å². The molecule has 1 aromatic carbocycles. The Morgan fingerprint density at radius 3 is 2.72 bits per heavy atom. The van der Waals surface area contributed by atoms with Crippen molar-refractivity contribution < 1.29 is 17.2 Å². The number of sulfonamides is 1. The molecule has 4 aromatic rings. The number of halogens is 2. The van der Waals surface area contributed by atoms with Gasteiger partial charge in [-0.25, -0.2) is 22.2 Å². The zero-order valence-corrected chi connectivity index (χ0v) is 15.3. The maximum absolute atomic E-state index is 14.8. The van der Waals surface area contributed by atoms with Gasteiger partial charge in [0.15, 0.2) is 11.5 Å². The molecular formula is C19H11F2N5O2S. The van der Waals surface area contributed by atoms with Crippen LogP contribution in [-0.4, -0.2) is 28.6 Å². The van der Waals surface area contributed by atoms with E-state index >= 15 is 0 Å². The third-order valence-electron chi connectivity index (χ3n) is 3.90. The van der Waals surface area contributed by atoms with Crippen molar-refractivity contribution in [2.45, 2.75) is 4.90 Å². The first kappa shape index (κ1) is 18.5. The van der Waals surface area contributed by atoms with Crippen LogP contribution < -0.4 is 4.72 Å². The largest absolute Gasteiger partial charge is 0.277 e. The summed E-state index contributed by atoms with van der Waals surface area (Å²) in [5, 5.41) is 7.21. The standard InChI is InChI=1S/C19H11F2N5O2S/c20-16-5-6-17(26-29(27,28)14-2-1-7-22-11-14)18(21)15(16)4-3-12-8-13-10-24-25-19(13)23-9-12/h1-2,5-11,26H,(H,23,24,25). The van der Waals surface area contributed by atoms with Crippen LogP contribution in [0.25, 0.3) is 11.0 Å². The number of fused-ring (bicyclic) bond motifs is 1. The summed E-state index contributed by atoms with van der Waals surface area (Å²) in [5.41, 5.74) is -0.0228. The van der Waals surface area contributed by atoms with Gasteiger partial charge in [0.1, 0.15) is 10.7 Å². The first-order chi connectivity index (χ1) is 13.9. The Balaban J connectivity index is 1.69. The zero-order chi connectivity index (χ0) is 20.4. The van der Waals surface area contributed by atoms with Crippen LogP contribution in [0.15, 0.2) is 60.0 Å². The summed E-state index contributed by atoms with van der Waals surface area (Å²) >= 11 is 0. The smallest absolute Gasteiger partial charge is 0.263 e. The Kier molecular flexibility index (Phi) is 4.66. The first-order valence-electron chi connectivity index (χ1n) is 8.16. The van der Waals surface area contributed by atoms with Gasteiger partial charge < -0.3 is 0 Å². The molecule has 0 saturated carbocycles. The summed E-state index contributed by atoms with van der Waals surface area (Å²) in [5.74, 6) is 2.98. The van der Waals surface area contributed by atoms with E-state index in [0.717, 1.165) is 18.3 Å². The molecule has 3 heterocycles. The van der Waals surface area contributed by atoms with Crippen molar-refractivity contribution >= 4 is 26.7 Å². The number of nitrogens with one attached hydrogen (secondary N) is 2. The number of nitrogens with zero attached hydrogens (tertiary/aromatic N) is 3. The lowest BCUT2D eigenvalue weighted by molar-refractivity contribution is 0.578. The average Bonchev–Trinajstić information content (AvgIpc) is 3.18. The van der Waals surface area contributed by atoms with Gasteiger partial charge in [-0.2, -0.15) is 5.10 Å². The van der Waals surface area contributed by atoms with Crippen LogP contribution in [0.5, 0.6) is 0 Å². The highest BCUT2D eigenvalue weighted by molar-refractivity contribution is 7.92. The minimum Gasteiger partial charge on any atom is -0.277 e. The number of aromatic amines is 1. The molecule has 0 atom stereocenters. The van der Waals surface area contributed by atoms with Gasteiger partial charge >= 0.3 is 0 Å². The van der Waals surface area contributed by atoms with Crippen molar-refractivity contribution in [2.75, 3.05) is 4.72 Å². The van der Waals surface area contributed by atoms with Gasteiger partial charge in [-0.05, 0) is 30.3 Å². The lowest BCUT2D eigenvalue weighted by Crippen LogP contribution is -2.14. The monoisotopic (exact) mass is 411 g/mol. The highest BCUT2D eigenvalue weighted by Gasteiger charge is 2.19. The van der Waals surface area contributed by atoms with Crippen LogP contribution in [0, 0.1) is 23.5 Å². The van der Waals surface area contributed by atoms with Crippen LogP contribution >= 0.6 is 0 Å². The van der Waals surface area contributed by atoms with Crippen molar-refractivity contribution in [3.05, 3.63) is 77.9 Å². The summed E-state index contributed by atoms with van der Waals surface area (Å²) in [6.07, 6.45) is 5.49. The fourth-order valence-corrected chi connectivity index (χ4v) is 3.52. The molecule has 0 fully saturated rings. The topological polar surface area (TPSA) is 101 Å². The second kappa shape index (κ2) is 7.29. The molecule has 7 nitrogen and oxygen atoms in total. The molecule has 3 aromatic heterocycles. The van der Waals surface area contributed by atoms with Gasteiger partial charge in [0.25, 0.3) is 10.0 Å². The Bertz CT molecular complexity index is 1380. The van der Waals surface area contributed by atoms with E-state index in [9.17, 15) is 17.2 Å². The minimum atomic E-state index is -4.09. The number of pyridine rings is 2. The fourth-order valence-electron chi connectivity index (χ4n) is 2.50. The van der Waals surface area contributed by atoms with E-state index in [4.69, 9.17) is 0 Å². The molecule has 2 N–H and O–H groups in total. The predicted octanol–water partition coefficient (Wildman–Crippen LogP) is 2.83. The molecule has 10 heteroatoms. The number of anilines is 1. The lowest BCUT2D eigenvalue weighted by atomic mass is 10.1. The third kappa shape index (κ3) is 3.76. The quantitative estimate of drug-likeness (QED) is 0.505. The molecule has 0 aliphatic carbocycles. The average molecular weight is 411 g/mol. The molecular weight excluding hydrogens is 400 g/mol. The number of rotatable bonds is 3. The van der Waals surface area contributed by atoms with Gasteiger partial charge in [-0.15, -0.1) is 0 Å². The van der Waals surface area contributed by atoms with Crippen molar-refractivity contribution in [3.8, 4) is 11.8 Å². The number of aromatic nitrogens is 4. The fraction of sp³-hybridized carbons (Fsp3) is 0. The Morgan fingerprint density at radius 1 is 1.07 bits per heavy atom. The van der Waals surface area contributed by atoms with Crippen LogP contribution in [0.2, 0.25) is 0 Å². The van der Waals surface area contributed by atoms with Gasteiger partial charge in [0.2, 0.25) is 0 Å². The lowest BCUT2D eigenvalue weighted by Gasteiger charge is -2.10. The highest BCUT2D eigenvalue weighted by atomic mass is 32.2. The number of hydrogen-bond acceptors (Lipinski definition) is 5. The second-order valence-corrected chi connectivity index (χ2v) is 7.54. The van der Waals surface area contributed by atoms with Crippen LogP contribution in [0.3, 0.4) is 0 Å². The molecule has 0 aliphatic rings. The molecule has 144 valence electrons. The molecule has 0 radical (unpaired) electrons. The summed E-state index contributed by atoms with van der Waals surface area (Å²) < 4.78 is 55.7. The van der Waals surface area contributed by atoms with Gasteiger partial charge in [-0.3, -0.25) is 14.8 Å². The maximum Gasteiger partial charge on any atom is 0.263 e. The van der Waals surface area contributed by atoms with Crippen molar-refractivity contribution in [1.29, 1.82) is 0 Å². The van der Waals surface area contributed by atoms with Crippen LogP contribution in [0.1, 0.15) is 11.1 Å². The van der Waals surface area contributed by atoms with E-state index in [-0.39, 0.29) is 4.90 Å². The summed E-state index contributed by atoms with van der Waals surface area (Å²) in [6.45, 7) is 0. The van der Waals surface area contributed by atoms with Gasteiger partial charge in [-0.1, -0.05) is 11.8 Å². The number of hydrogen-bond donors (Lipinski definition) is 2. The van der Waals surface area contributed by atoms with E-state index < -0.39 is 32.9 Å². The molecule has 0 amide bonds. The zero-order valence-electron chi connectivity index (χ0n) is 14.5. The molecule has 0 unspecified atom stereocenters. The maximum atomic E-state index is 14.8. The first-order valence-corrected chi connectivity index (χ1v) is 9.64. The van der Waals surface area contributed by atoms with E-state index in [1.807, 2.05) is 0 Å². The van der Waals surface area contributed by atoms with E-state index in [1.54, 1.807) is 12.3 Å². The third-order valence-corrected chi connectivity index (χ3v) is 5.25. The van der Waals surface area contributed by atoms with Gasteiger partial charge in [0, 0.05) is 29.5 Å². The molecule has 0 bridgehead atoms. The van der Waals surface area contributed by atoms with Crippen molar-refractivity contribution in [1.82, 2.24) is 20.2 Å². The van der Waals surface area contributed by atoms with Gasteiger partial charge in [0.05, 0.1) is 17.4 Å². The molecule has 4 rings (SSSR count). The Morgan fingerprint density at radius 2 is 1.93 bits per heavy atom. The SMILES string of the molecule is O=S(=O)(Nc1ccc(F)c(C#Cc2cnc3[nH]ncc3c2)c1F)c1cccnc1. The van der Waals surface area contributed by atoms with Crippen molar-refractivity contribution in [3.63, 3.8) is 0 Å². The predicted molar refractivity (Wildman–Crippen MR) is 101 cm³/mol. The second-order valence-electron chi connectivity index (χ2n) is 5.86. The molecule has 0 spiro atoms. The van der Waals surface area contributed by atoms with E-state index in [1.165, 1.54) is 24.5 Å². The summed E-state index contributed by atoms with van der Waals surface area (Å²) in [7, 11) is -4.09. The van der Waals surface area contributed by atoms with Crippen molar-refractivity contribution in [2.24, 2.45) is 0 Å². The minimum absolute atomic E-state index is 0.157. The Labute approximate surface area is 163 Å². The molecule has 0 aliphatic heterocycles. The van der Waals surface area contributed by atoms with Crippen LogP contribution in [0.4, 0.5) is 14.5 Å². The highest BCUT2D eigenvalue weighted by Crippen LogP contribution is 2.23. The number of H-pyrrole nitrogens is 1. The number of benzene rings is 1.